The molecule has 0 amide bonds. The lowest BCUT2D eigenvalue weighted by Gasteiger charge is -2.08. The van der Waals surface area contributed by atoms with Crippen LogP contribution in [0.3, 0.4) is 0 Å². The largest absolute Gasteiger partial charge is 0.492 e. The van der Waals surface area contributed by atoms with E-state index in [0.717, 1.165) is 12.1 Å². The van der Waals surface area contributed by atoms with E-state index in [-0.39, 0.29) is 18.0 Å². The first-order valence-electron chi connectivity index (χ1n) is 6.11. The summed E-state index contributed by atoms with van der Waals surface area (Å²) < 4.78 is 57.1. The molecule has 21 heavy (non-hydrogen) atoms. The number of rotatable bonds is 6. The topological polar surface area (TPSA) is 55.4 Å². The van der Waals surface area contributed by atoms with Crippen LogP contribution in [0.1, 0.15) is 0 Å². The fraction of sp³-hybridized carbons (Fsp3) is 0.143. The number of nitrogens with one attached hydrogen (secondary N) is 1. The summed E-state index contributed by atoms with van der Waals surface area (Å²) in [6.45, 7) is 0.128. The molecule has 0 bridgehead atoms. The molecule has 0 atom stereocenters. The molecule has 0 aliphatic heterocycles. The molecule has 0 aromatic heterocycles. The number of hydrogen-bond donors (Lipinski definition) is 1. The Morgan fingerprint density at radius 3 is 2.38 bits per heavy atom. The summed E-state index contributed by atoms with van der Waals surface area (Å²) in [5.74, 6) is -1.69. The Hall–Kier alpha value is -1.99. The SMILES string of the molecule is O=S(=O)(NCCOc1ccccc1)c1ccc(F)c(F)c1. The zero-order chi connectivity index (χ0) is 15.3. The standard InChI is InChI=1S/C14H13F2NO3S/c15-13-7-6-12(10-14(13)16)21(18,19)17-8-9-20-11-4-2-1-3-5-11/h1-7,10,17H,8-9H2. The van der Waals surface area contributed by atoms with Crippen molar-refractivity contribution < 1.29 is 21.9 Å². The third kappa shape index (κ3) is 4.24. The maximum Gasteiger partial charge on any atom is 0.240 e. The van der Waals surface area contributed by atoms with Gasteiger partial charge in [0.25, 0.3) is 0 Å². The Morgan fingerprint density at radius 2 is 1.71 bits per heavy atom. The second kappa shape index (κ2) is 6.64. The Bertz CT molecular complexity index is 705. The van der Waals surface area contributed by atoms with Crippen molar-refractivity contribution in [1.29, 1.82) is 0 Å². The summed E-state index contributed by atoms with van der Waals surface area (Å²) >= 11 is 0. The lowest BCUT2D eigenvalue weighted by molar-refractivity contribution is 0.323. The highest BCUT2D eigenvalue weighted by Gasteiger charge is 2.15. The van der Waals surface area contributed by atoms with Gasteiger partial charge in [0.15, 0.2) is 11.6 Å². The Kier molecular flexibility index (Phi) is 4.87. The zero-order valence-electron chi connectivity index (χ0n) is 10.9. The van der Waals surface area contributed by atoms with Gasteiger partial charge >= 0.3 is 0 Å². The molecule has 2 aromatic rings. The second-order valence-electron chi connectivity index (χ2n) is 4.14. The number of halogens is 2. The summed E-state index contributed by atoms with van der Waals surface area (Å²) in [4.78, 5) is -0.332. The second-order valence-corrected chi connectivity index (χ2v) is 5.90. The van der Waals surface area contributed by atoms with Crippen LogP contribution >= 0.6 is 0 Å². The van der Waals surface area contributed by atoms with Crippen LogP contribution in [0.15, 0.2) is 53.4 Å². The van der Waals surface area contributed by atoms with Crippen molar-refractivity contribution in [3.63, 3.8) is 0 Å². The van der Waals surface area contributed by atoms with Gasteiger partial charge in [-0.3, -0.25) is 0 Å². The molecule has 0 heterocycles. The molecule has 2 rings (SSSR count). The zero-order valence-corrected chi connectivity index (χ0v) is 11.7. The molecule has 1 N–H and O–H groups in total. The van der Waals surface area contributed by atoms with Gasteiger partial charge in [-0.2, -0.15) is 0 Å². The van der Waals surface area contributed by atoms with E-state index in [0.29, 0.717) is 11.8 Å². The molecule has 112 valence electrons. The maximum atomic E-state index is 13.0. The third-order valence-corrected chi connectivity index (χ3v) is 4.07. The molecule has 0 spiro atoms. The molecular weight excluding hydrogens is 300 g/mol. The minimum Gasteiger partial charge on any atom is -0.492 e. The van der Waals surface area contributed by atoms with E-state index in [4.69, 9.17) is 4.74 Å². The highest BCUT2D eigenvalue weighted by molar-refractivity contribution is 7.89. The lowest BCUT2D eigenvalue weighted by Crippen LogP contribution is -2.28. The Balaban J connectivity index is 1.91. The fourth-order valence-electron chi connectivity index (χ4n) is 1.59. The van der Waals surface area contributed by atoms with Crippen LogP contribution < -0.4 is 9.46 Å². The number of hydrogen-bond acceptors (Lipinski definition) is 3. The van der Waals surface area contributed by atoms with Crippen LogP contribution in [-0.4, -0.2) is 21.6 Å². The summed E-state index contributed by atoms with van der Waals surface area (Å²) in [6, 6.07) is 11.3. The summed E-state index contributed by atoms with van der Waals surface area (Å²) in [6.07, 6.45) is 0. The van der Waals surface area contributed by atoms with Gasteiger partial charge in [0, 0.05) is 6.54 Å². The molecule has 4 nitrogen and oxygen atoms in total. The van der Waals surface area contributed by atoms with Gasteiger partial charge < -0.3 is 4.74 Å². The average molecular weight is 313 g/mol. The first-order chi connectivity index (χ1) is 9.99. The molecule has 0 unspecified atom stereocenters. The van der Waals surface area contributed by atoms with Crippen LogP contribution in [0, 0.1) is 11.6 Å². The van der Waals surface area contributed by atoms with Crippen LogP contribution in [0.4, 0.5) is 8.78 Å². The fourth-order valence-corrected chi connectivity index (χ4v) is 2.61. The normalized spacial score (nSPS) is 11.3. The van der Waals surface area contributed by atoms with Crippen LogP contribution in [-0.2, 0) is 10.0 Å². The van der Waals surface area contributed by atoms with Crippen LogP contribution in [0.5, 0.6) is 5.75 Å². The van der Waals surface area contributed by atoms with Crippen LogP contribution in [0.2, 0.25) is 0 Å². The average Bonchev–Trinajstić information content (AvgIpc) is 2.47. The van der Waals surface area contributed by atoms with E-state index in [1.165, 1.54) is 0 Å². The number of sulfonamides is 1. The molecule has 0 radical (unpaired) electrons. The number of benzene rings is 2. The van der Waals surface area contributed by atoms with E-state index < -0.39 is 21.7 Å². The van der Waals surface area contributed by atoms with Crippen molar-refractivity contribution in [2.75, 3.05) is 13.2 Å². The van der Waals surface area contributed by atoms with E-state index in [1.54, 1.807) is 24.3 Å². The van der Waals surface area contributed by atoms with Gasteiger partial charge in [-0.1, -0.05) is 18.2 Å². The van der Waals surface area contributed by atoms with Gasteiger partial charge in [-0.15, -0.1) is 0 Å². The van der Waals surface area contributed by atoms with E-state index in [2.05, 4.69) is 4.72 Å². The van der Waals surface area contributed by atoms with Crippen LogP contribution in [0.25, 0.3) is 0 Å². The van der Waals surface area contributed by atoms with Crippen molar-refractivity contribution >= 4 is 10.0 Å². The minimum atomic E-state index is -3.89. The predicted octanol–water partition coefficient (Wildman–Crippen LogP) is 2.32. The predicted molar refractivity (Wildman–Crippen MR) is 73.5 cm³/mol. The highest BCUT2D eigenvalue weighted by atomic mass is 32.2. The summed E-state index contributed by atoms with van der Waals surface area (Å²) in [7, 11) is -3.89. The molecule has 0 fully saturated rings. The molecular formula is C14H13F2NO3S. The monoisotopic (exact) mass is 313 g/mol. The molecule has 2 aromatic carbocycles. The summed E-state index contributed by atoms with van der Waals surface area (Å²) in [5, 5.41) is 0. The number of ether oxygens (including phenoxy) is 1. The van der Waals surface area contributed by atoms with Gasteiger partial charge in [-0.25, -0.2) is 21.9 Å². The van der Waals surface area contributed by atoms with Gasteiger partial charge in [0.1, 0.15) is 12.4 Å². The molecule has 0 aliphatic rings. The van der Waals surface area contributed by atoms with Crippen molar-refractivity contribution in [3.8, 4) is 5.75 Å². The van der Waals surface area contributed by atoms with E-state index >= 15 is 0 Å². The molecule has 0 saturated heterocycles. The first-order valence-corrected chi connectivity index (χ1v) is 7.60. The maximum absolute atomic E-state index is 13.0. The van der Waals surface area contributed by atoms with Crippen molar-refractivity contribution in [3.05, 3.63) is 60.2 Å². The van der Waals surface area contributed by atoms with Crippen molar-refractivity contribution in [1.82, 2.24) is 4.72 Å². The van der Waals surface area contributed by atoms with Gasteiger partial charge in [-0.05, 0) is 30.3 Å². The van der Waals surface area contributed by atoms with E-state index in [9.17, 15) is 17.2 Å². The molecule has 7 heteroatoms. The lowest BCUT2D eigenvalue weighted by atomic mass is 10.3. The molecule has 0 aliphatic carbocycles. The third-order valence-electron chi connectivity index (χ3n) is 2.61. The Labute approximate surface area is 121 Å². The van der Waals surface area contributed by atoms with Gasteiger partial charge in [0.2, 0.25) is 10.0 Å². The minimum absolute atomic E-state index is 0.0101. The number of para-hydroxylation sites is 1. The smallest absolute Gasteiger partial charge is 0.240 e. The van der Waals surface area contributed by atoms with Crippen molar-refractivity contribution in [2.24, 2.45) is 0 Å². The quantitative estimate of drug-likeness (QED) is 0.833. The van der Waals surface area contributed by atoms with Crippen molar-refractivity contribution in [2.45, 2.75) is 4.90 Å². The Morgan fingerprint density at radius 1 is 1.00 bits per heavy atom. The first kappa shape index (κ1) is 15.4. The van der Waals surface area contributed by atoms with Gasteiger partial charge in [0.05, 0.1) is 4.90 Å². The highest BCUT2D eigenvalue weighted by Crippen LogP contribution is 2.13. The molecule has 0 saturated carbocycles. The summed E-state index contributed by atoms with van der Waals surface area (Å²) in [5.41, 5.74) is 0. The van der Waals surface area contributed by atoms with E-state index in [1.807, 2.05) is 6.07 Å².